The van der Waals surface area contributed by atoms with Gasteiger partial charge in [-0.15, -0.1) is 0 Å². The average Bonchev–Trinajstić information content (AvgIpc) is 2.75. The lowest BCUT2D eigenvalue weighted by Crippen LogP contribution is -2.18. The van der Waals surface area contributed by atoms with Gasteiger partial charge >= 0.3 is 11.9 Å². The van der Waals surface area contributed by atoms with Gasteiger partial charge in [0.15, 0.2) is 0 Å². The maximum atomic E-state index is 11.7. The van der Waals surface area contributed by atoms with Crippen LogP contribution in [0.3, 0.4) is 0 Å². The Morgan fingerprint density at radius 2 is 0.933 bits per heavy atom. The Morgan fingerprint density at radius 1 is 0.567 bits per heavy atom. The molecule has 0 heterocycles. The van der Waals surface area contributed by atoms with Crippen LogP contribution in [0.15, 0.2) is 84.9 Å². The van der Waals surface area contributed by atoms with Crippen molar-refractivity contribution in [2.75, 3.05) is 0 Å². The van der Waals surface area contributed by atoms with Crippen LogP contribution in [0.25, 0.3) is 21.5 Å². The minimum atomic E-state index is -0.940. The van der Waals surface area contributed by atoms with Crippen molar-refractivity contribution >= 4 is 33.5 Å². The van der Waals surface area contributed by atoms with Crippen LogP contribution in [-0.4, -0.2) is 22.2 Å². The molecule has 0 aromatic heterocycles. The second kappa shape index (κ2) is 8.37. The van der Waals surface area contributed by atoms with Crippen LogP contribution in [0.5, 0.6) is 0 Å². The normalized spacial score (nSPS) is 13.2. The fourth-order valence-corrected chi connectivity index (χ4v) is 4.24. The fraction of sp³-hybridized carbons (Fsp3) is 0.154. The second-order valence-corrected chi connectivity index (χ2v) is 7.62. The number of hydrogen-bond donors (Lipinski definition) is 2. The molecular formula is C26H22O4. The Morgan fingerprint density at radius 3 is 1.30 bits per heavy atom. The molecule has 2 unspecified atom stereocenters. The van der Waals surface area contributed by atoms with Crippen LogP contribution in [0, 0.1) is 0 Å². The maximum Gasteiger partial charge on any atom is 0.303 e. The van der Waals surface area contributed by atoms with Gasteiger partial charge in [-0.2, -0.15) is 0 Å². The predicted octanol–water partition coefficient (Wildman–Crippen LogP) is 5.81. The topological polar surface area (TPSA) is 74.6 Å². The van der Waals surface area contributed by atoms with Crippen molar-refractivity contribution in [1.82, 2.24) is 0 Å². The molecule has 4 heteroatoms. The van der Waals surface area contributed by atoms with E-state index in [9.17, 15) is 19.8 Å². The Balaban J connectivity index is 1.84. The third-order valence-corrected chi connectivity index (χ3v) is 5.68. The fourth-order valence-electron chi connectivity index (χ4n) is 4.24. The van der Waals surface area contributed by atoms with Crippen LogP contribution < -0.4 is 0 Å². The summed E-state index contributed by atoms with van der Waals surface area (Å²) in [5, 5.41) is 23.4. The van der Waals surface area contributed by atoms with E-state index in [1.165, 1.54) is 0 Å². The average molecular weight is 398 g/mol. The number of rotatable bonds is 7. The zero-order valence-corrected chi connectivity index (χ0v) is 16.4. The molecule has 150 valence electrons. The van der Waals surface area contributed by atoms with E-state index in [2.05, 4.69) is 0 Å². The number of carbonyl (C=O) groups is 2. The van der Waals surface area contributed by atoms with E-state index in [-0.39, 0.29) is 12.8 Å². The van der Waals surface area contributed by atoms with Crippen molar-refractivity contribution in [1.29, 1.82) is 0 Å². The van der Waals surface area contributed by atoms with Crippen molar-refractivity contribution in [2.45, 2.75) is 24.7 Å². The summed E-state index contributed by atoms with van der Waals surface area (Å²) in [6.45, 7) is 0. The van der Waals surface area contributed by atoms with E-state index < -0.39 is 23.8 Å². The van der Waals surface area contributed by atoms with Gasteiger partial charge in [-0.1, -0.05) is 84.9 Å². The summed E-state index contributed by atoms with van der Waals surface area (Å²) in [5.41, 5.74) is 1.69. The highest BCUT2D eigenvalue weighted by molar-refractivity contribution is 5.85. The standard InChI is InChI=1S/C26H22O4/c27-25(28)15-23(21-11-9-17-5-1-3-7-19(17)13-21)24(16-26(29)30)22-12-10-18-6-2-4-8-20(18)14-22/h1-14,23-24H,15-16H2,(H,27,28)(H,29,30). The van der Waals surface area contributed by atoms with Gasteiger partial charge < -0.3 is 10.2 Å². The number of aliphatic carboxylic acids is 2. The van der Waals surface area contributed by atoms with Crippen LogP contribution >= 0.6 is 0 Å². The summed E-state index contributed by atoms with van der Waals surface area (Å²) in [6, 6.07) is 27.5. The molecule has 4 aromatic carbocycles. The molecule has 0 aliphatic rings. The van der Waals surface area contributed by atoms with Gasteiger partial charge in [0, 0.05) is 11.8 Å². The van der Waals surface area contributed by atoms with Gasteiger partial charge in [0.25, 0.3) is 0 Å². The first-order valence-corrected chi connectivity index (χ1v) is 9.92. The Hall–Kier alpha value is -3.66. The number of benzene rings is 4. The molecule has 0 saturated carbocycles. The number of carboxylic acid groups (broad SMARTS) is 2. The molecule has 0 saturated heterocycles. The molecule has 0 aliphatic carbocycles. The lowest BCUT2D eigenvalue weighted by atomic mass is 9.77. The zero-order valence-electron chi connectivity index (χ0n) is 16.4. The van der Waals surface area contributed by atoms with Crippen molar-refractivity contribution in [3.8, 4) is 0 Å². The van der Waals surface area contributed by atoms with Crippen LogP contribution in [0.2, 0.25) is 0 Å². The SMILES string of the molecule is O=C(O)CC(c1ccc2ccccc2c1)C(CC(=O)O)c1ccc2ccccc2c1. The van der Waals surface area contributed by atoms with Gasteiger partial charge in [-0.25, -0.2) is 0 Å². The minimum absolute atomic E-state index is 0.136. The van der Waals surface area contributed by atoms with Crippen molar-refractivity contribution in [3.05, 3.63) is 96.1 Å². The molecule has 4 nitrogen and oxygen atoms in total. The summed E-state index contributed by atoms with van der Waals surface area (Å²) in [6.07, 6.45) is -0.272. The van der Waals surface area contributed by atoms with Gasteiger partial charge in [-0.05, 0) is 32.7 Å². The molecular weight excluding hydrogens is 376 g/mol. The lowest BCUT2D eigenvalue weighted by Gasteiger charge is -2.26. The molecule has 0 spiro atoms. The maximum absolute atomic E-state index is 11.7. The monoisotopic (exact) mass is 398 g/mol. The summed E-state index contributed by atoms with van der Waals surface area (Å²) in [7, 11) is 0. The smallest absolute Gasteiger partial charge is 0.303 e. The molecule has 0 bridgehead atoms. The summed E-state index contributed by atoms with van der Waals surface area (Å²) < 4.78 is 0. The number of hydrogen-bond acceptors (Lipinski definition) is 2. The molecule has 2 N–H and O–H groups in total. The van der Waals surface area contributed by atoms with Gasteiger partial charge in [-0.3, -0.25) is 9.59 Å². The predicted molar refractivity (Wildman–Crippen MR) is 118 cm³/mol. The summed E-state index contributed by atoms with van der Waals surface area (Å²) >= 11 is 0. The van der Waals surface area contributed by atoms with E-state index >= 15 is 0 Å². The molecule has 2 atom stereocenters. The highest BCUT2D eigenvalue weighted by atomic mass is 16.4. The zero-order chi connectivity index (χ0) is 21.1. The number of fused-ring (bicyclic) bond motifs is 2. The largest absolute Gasteiger partial charge is 0.481 e. The highest BCUT2D eigenvalue weighted by Crippen LogP contribution is 2.40. The van der Waals surface area contributed by atoms with E-state index in [0.717, 1.165) is 32.7 Å². The Kier molecular flexibility index (Phi) is 5.48. The third kappa shape index (κ3) is 4.18. The Bertz CT molecular complexity index is 1130. The molecule has 4 aromatic rings. The van der Waals surface area contributed by atoms with Gasteiger partial charge in [0.1, 0.15) is 0 Å². The Labute approximate surface area is 174 Å². The molecule has 0 aliphatic heterocycles. The van der Waals surface area contributed by atoms with Gasteiger partial charge in [0.2, 0.25) is 0 Å². The van der Waals surface area contributed by atoms with Crippen molar-refractivity contribution < 1.29 is 19.8 Å². The van der Waals surface area contributed by atoms with Crippen molar-refractivity contribution in [3.63, 3.8) is 0 Å². The molecule has 30 heavy (non-hydrogen) atoms. The van der Waals surface area contributed by atoms with Crippen LogP contribution in [0.4, 0.5) is 0 Å². The molecule has 0 amide bonds. The van der Waals surface area contributed by atoms with Crippen LogP contribution in [-0.2, 0) is 9.59 Å². The highest BCUT2D eigenvalue weighted by Gasteiger charge is 2.29. The first-order chi connectivity index (χ1) is 14.5. The van der Waals surface area contributed by atoms with Gasteiger partial charge in [0.05, 0.1) is 12.8 Å². The van der Waals surface area contributed by atoms with E-state index in [1.807, 2.05) is 84.9 Å². The lowest BCUT2D eigenvalue weighted by molar-refractivity contribution is -0.140. The quantitative estimate of drug-likeness (QED) is 0.412. The second-order valence-electron chi connectivity index (χ2n) is 7.62. The summed E-state index contributed by atoms with van der Waals surface area (Å²) in [4.78, 5) is 23.5. The third-order valence-electron chi connectivity index (χ3n) is 5.68. The summed E-state index contributed by atoms with van der Waals surface area (Å²) in [5.74, 6) is -2.79. The molecule has 0 radical (unpaired) electrons. The van der Waals surface area contributed by atoms with Crippen molar-refractivity contribution in [2.24, 2.45) is 0 Å². The van der Waals surface area contributed by atoms with E-state index in [1.54, 1.807) is 0 Å². The van der Waals surface area contributed by atoms with E-state index in [4.69, 9.17) is 0 Å². The first-order valence-electron chi connectivity index (χ1n) is 9.92. The molecule has 0 fully saturated rings. The van der Waals surface area contributed by atoms with Crippen LogP contribution in [0.1, 0.15) is 35.8 Å². The molecule has 4 rings (SSSR count). The first kappa shape index (κ1) is 19.6. The number of carboxylic acids is 2. The minimum Gasteiger partial charge on any atom is -0.481 e. The van der Waals surface area contributed by atoms with E-state index in [0.29, 0.717) is 0 Å².